The zero-order chi connectivity index (χ0) is 37.2. The second-order valence-corrected chi connectivity index (χ2v) is 12.1. The second kappa shape index (κ2) is 26.0. The van der Waals surface area contributed by atoms with Gasteiger partial charge in [-0.2, -0.15) is 5.10 Å². The van der Waals surface area contributed by atoms with Gasteiger partial charge in [0.2, 0.25) is 5.91 Å². The Labute approximate surface area is 310 Å². The second-order valence-electron chi connectivity index (χ2n) is 12.1. The Hall–Kier alpha value is -3.81. The summed E-state index contributed by atoms with van der Waals surface area (Å²) in [6.07, 6.45) is 9.99. The molecule has 17 heteroatoms. The van der Waals surface area contributed by atoms with Crippen LogP contribution in [0.15, 0.2) is 30.9 Å². The molecule has 6 N–H and O–H groups in total. The predicted molar refractivity (Wildman–Crippen MR) is 200 cm³/mol. The molecule has 17 nitrogen and oxygen atoms in total. The number of aryl methyl sites for hydroxylation is 1. The number of carbonyl (C=O) groups excluding carboxylic acids is 1. The molecular weight excluding hydrogens is 686 g/mol. The number of hydrogen-bond donors (Lipinski definition) is 4. The smallest absolute Gasteiger partial charge is 0.222 e. The van der Waals surface area contributed by atoms with Gasteiger partial charge in [-0.05, 0) is 44.2 Å². The van der Waals surface area contributed by atoms with Gasteiger partial charge in [-0.1, -0.05) is 0 Å². The molecule has 0 saturated heterocycles. The van der Waals surface area contributed by atoms with E-state index in [2.05, 4.69) is 25.3 Å². The van der Waals surface area contributed by atoms with Crippen molar-refractivity contribution in [2.24, 2.45) is 5.73 Å². The summed E-state index contributed by atoms with van der Waals surface area (Å²) < 4.78 is 40.2. The average molecular weight is 744 g/mol. The van der Waals surface area contributed by atoms with Crippen LogP contribution in [-0.4, -0.2) is 141 Å². The van der Waals surface area contributed by atoms with Gasteiger partial charge < -0.3 is 54.9 Å². The molecule has 0 aromatic carbocycles. The van der Waals surface area contributed by atoms with E-state index in [0.29, 0.717) is 134 Å². The molecule has 4 rings (SSSR count). The van der Waals surface area contributed by atoms with Gasteiger partial charge in [0.15, 0.2) is 5.65 Å². The van der Waals surface area contributed by atoms with Gasteiger partial charge >= 0.3 is 0 Å². The van der Waals surface area contributed by atoms with E-state index in [1.807, 2.05) is 23.0 Å². The Morgan fingerprint density at radius 1 is 0.736 bits per heavy atom. The highest BCUT2D eigenvalue weighted by Gasteiger charge is 2.17. The van der Waals surface area contributed by atoms with Crippen molar-refractivity contribution in [2.45, 2.75) is 45.1 Å². The Morgan fingerprint density at radius 2 is 1.36 bits per heavy atom. The first-order valence-electron chi connectivity index (χ1n) is 18.6. The third-order valence-corrected chi connectivity index (χ3v) is 8.02. The van der Waals surface area contributed by atoms with E-state index in [9.17, 15) is 4.79 Å². The van der Waals surface area contributed by atoms with E-state index in [1.54, 1.807) is 6.20 Å². The van der Waals surface area contributed by atoms with Gasteiger partial charge in [0.1, 0.15) is 23.5 Å². The number of nitrogen functional groups attached to an aromatic ring is 1. The Balaban J connectivity index is 0.905. The van der Waals surface area contributed by atoms with Crippen LogP contribution < -0.4 is 16.8 Å². The van der Waals surface area contributed by atoms with Crippen LogP contribution in [0.1, 0.15) is 38.5 Å². The van der Waals surface area contributed by atoms with Gasteiger partial charge in [-0.25, -0.2) is 19.6 Å². The number of carbonyl (C=O) groups is 1. The Morgan fingerprint density at radius 3 is 2.02 bits per heavy atom. The standard InChI is InChI=1S/C36H57N9O8/c37-8-15-50-19-23-51-20-16-47-12-4-1-5-13-48-17-21-52-24-25-53-22-18-49-14-7-31(46)39-9-2-3-11-45-36-32(34(38)42-28-43-36)33(44-45)30-26-29-6-10-40-35(29)41-27-30/h6,10,26-28H,1-5,7-9,11-25,37H2,(H,39,46)(H,40,41)(H2,38,42,43). The first-order valence-corrected chi connectivity index (χ1v) is 18.6. The summed E-state index contributed by atoms with van der Waals surface area (Å²) in [6, 6.07) is 3.98. The van der Waals surface area contributed by atoms with Crippen molar-refractivity contribution >= 4 is 33.8 Å². The van der Waals surface area contributed by atoms with Crippen molar-refractivity contribution in [1.29, 1.82) is 0 Å². The molecule has 0 aliphatic rings. The number of nitrogens with zero attached hydrogens (tertiary/aromatic N) is 5. The first kappa shape index (κ1) is 41.9. The number of rotatable bonds is 32. The molecular formula is C36H57N9O8. The molecule has 294 valence electrons. The molecule has 0 unspecified atom stereocenters. The van der Waals surface area contributed by atoms with E-state index in [4.69, 9.17) is 49.7 Å². The molecule has 4 aromatic heterocycles. The van der Waals surface area contributed by atoms with Crippen LogP contribution in [0.3, 0.4) is 0 Å². The van der Waals surface area contributed by atoms with Gasteiger partial charge in [-0.15, -0.1) is 0 Å². The molecule has 0 fully saturated rings. The van der Waals surface area contributed by atoms with Crippen molar-refractivity contribution in [3.8, 4) is 11.3 Å². The lowest BCUT2D eigenvalue weighted by molar-refractivity contribution is -0.122. The first-order chi connectivity index (χ1) is 26.2. The summed E-state index contributed by atoms with van der Waals surface area (Å²) >= 11 is 0. The molecule has 0 aliphatic carbocycles. The molecule has 0 atom stereocenters. The van der Waals surface area contributed by atoms with Crippen LogP contribution in [0.4, 0.5) is 5.82 Å². The van der Waals surface area contributed by atoms with Gasteiger partial charge in [0.25, 0.3) is 0 Å². The molecule has 0 spiro atoms. The number of nitrogens with two attached hydrogens (primary N) is 2. The number of fused-ring (bicyclic) bond motifs is 2. The fourth-order valence-corrected chi connectivity index (χ4v) is 5.30. The van der Waals surface area contributed by atoms with Crippen LogP contribution in [0, 0.1) is 0 Å². The number of unbranched alkanes of at least 4 members (excludes halogenated alkanes) is 3. The quantitative estimate of drug-likeness (QED) is 0.0529. The summed E-state index contributed by atoms with van der Waals surface area (Å²) in [4.78, 5) is 28.4. The van der Waals surface area contributed by atoms with Crippen molar-refractivity contribution in [3.63, 3.8) is 0 Å². The Kier molecular flexibility index (Phi) is 20.6. The van der Waals surface area contributed by atoms with Gasteiger partial charge in [0.05, 0.1) is 84.7 Å². The molecule has 53 heavy (non-hydrogen) atoms. The van der Waals surface area contributed by atoms with E-state index in [0.717, 1.165) is 55.3 Å². The van der Waals surface area contributed by atoms with Crippen LogP contribution in [-0.2, 0) is 44.5 Å². The fraction of sp³-hybridized carbons (Fsp3) is 0.639. The highest BCUT2D eigenvalue weighted by atomic mass is 16.6. The highest BCUT2D eigenvalue weighted by molar-refractivity contribution is 5.99. The molecule has 0 radical (unpaired) electrons. The average Bonchev–Trinajstić information content (AvgIpc) is 3.80. The maximum Gasteiger partial charge on any atom is 0.222 e. The molecule has 0 bridgehead atoms. The summed E-state index contributed by atoms with van der Waals surface area (Å²) in [5.41, 5.74) is 14.6. The largest absolute Gasteiger partial charge is 0.383 e. The minimum Gasteiger partial charge on any atom is -0.383 e. The lowest BCUT2D eigenvalue weighted by atomic mass is 10.1. The van der Waals surface area contributed by atoms with E-state index < -0.39 is 0 Å². The molecule has 4 heterocycles. The number of pyridine rings is 1. The van der Waals surface area contributed by atoms with Crippen molar-refractivity contribution < 1.29 is 38.0 Å². The van der Waals surface area contributed by atoms with Crippen LogP contribution >= 0.6 is 0 Å². The van der Waals surface area contributed by atoms with Gasteiger partial charge in [0, 0.05) is 62.6 Å². The lowest BCUT2D eigenvalue weighted by Gasteiger charge is -2.08. The number of aromatic nitrogens is 6. The summed E-state index contributed by atoms with van der Waals surface area (Å²) in [5.74, 6) is 0.326. The molecule has 4 aromatic rings. The van der Waals surface area contributed by atoms with Gasteiger partial charge in [-0.3, -0.25) is 4.79 Å². The predicted octanol–water partition coefficient (Wildman–Crippen LogP) is 2.48. The highest BCUT2D eigenvalue weighted by Crippen LogP contribution is 2.31. The lowest BCUT2D eigenvalue weighted by Crippen LogP contribution is -2.26. The number of H-pyrrole nitrogens is 1. The number of anilines is 1. The maximum atomic E-state index is 12.2. The minimum atomic E-state index is -0.0473. The minimum absolute atomic E-state index is 0.0473. The fourth-order valence-electron chi connectivity index (χ4n) is 5.30. The van der Waals surface area contributed by atoms with Crippen molar-refractivity contribution in [3.05, 3.63) is 30.9 Å². The zero-order valence-corrected chi connectivity index (χ0v) is 30.8. The number of amides is 1. The topological polar surface area (TPSA) is 218 Å². The third-order valence-electron chi connectivity index (χ3n) is 8.02. The third kappa shape index (κ3) is 16.0. The van der Waals surface area contributed by atoms with Crippen LogP contribution in [0.25, 0.3) is 33.3 Å². The summed E-state index contributed by atoms with van der Waals surface area (Å²) in [5, 5.41) is 9.45. The number of hydrogen-bond acceptors (Lipinski definition) is 14. The SMILES string of the molecule is NCCOCCOCCOCCCCCOCCOCCOCCOCCC(=O)NCCCCn1nc(-c2cnc3[nH]ccc3c2)c2c(N)ncnc21. The van der Waals surface area contributed by atoms with Crippen molar-refractivity contribution in [1.82, 2.24) is 35.0 Å². The van der Waals surface area contributed by atoms with Crippen LogP contribution in [0.2, 0.25) is 0 Å². The van der Waals surface area contributed by atoms with E-state index in [1.165, 1.54) is 6.33 Å². The van der Waals surface area contributed by atoms with Crippen molar-refractivity contribution in [2.75, 3.05) is 111 Å². The number of aromatic amines is 1. The van der Waals surface area contributed by atoms with E-state index >= 15 is 0 Å². The van der Waals surface area contributed by atoms with Crippen LogP contribution in [0.5, 0.6) is 0 Å². The molecule has 0 aliphatic heterocycles. The Bertz CT molecular complexity index is 1570. The maximum absolute atomic E-state index is 12.2. The normalized spacial score (nSPS) is 11.6. The molecule has 0 saturated carbocycles. The number of nitrogens with one attached hydrogen (secondary N) is 2. The molecule has 1 amide bonds. The monoisotopic (exact) mass is 743 g/mol. The number of ether oxygens (including phenoxy) is 7. The zero-order valence-electron chi connectivity index (χ0n) is 30.8. The summed E-state index contributed by atoms with van der Waals surface area (Å²) in [7, 11) is 0. The van der Waals surface area contributed by atoms with E-state index in [-0.39, 0.29) is 5.91 Å². The summed E-state index contributed by atoms with van der Waals surface area (Å²) in [6.45, 7) is 9.29.